The maximum absolute atomic E-state index is 11.6. The van der Waals surface area contributed by atoms with Crippen molar-refractivity contribution in [2.75, 3.05) is 18.5 Å². The van der Waals surface area contributed by atoms with E-state index in [9.17, 15) is 4.79 Å². The predicted molar refractivity (Wildman–Crippen MR) is 71.3 cm³/mol. The minimum atomic E-state index is -0.401. The van der Waals surface area contributed by atoms with Gasteiger partial charge in [-0.05, 0) is 6.92 Å². The molecule has 0 aliphatic rings. The van der Waals surface area contributed by atoms with Crippen molar-refractivity contribution in [1.29, 1.82) is 0 Å². The highest BCUT2D eigenvalue weighted by atomic mass is 32.1. The Morgan fingerprint density at radius 2 is 2.37 bits per heavy atom. The summed E-state index contributed by atoms with van der Waals surface area (Å²) in [6, 6.07) is 0. The first-order valence-corrected chi connectivity index (χ1v) is 6.77. The number of aromatic nitrogens is 4. The van der Waals surface area contributed by atoms with Gasteiger partial charge in [-0.25, -0.2) is 14.8 Å². The van der Waals surface area contributed by atoms with Crippen LogP contribution in [-0.4, -0.2) is 38.9 Å². The fourth-order valence-electron chi connectivity index (χ4n) is 1.50. The van der Waals surface area contributed by atoms with Gasteiger partial charge in [0.2, 0.25) is 0 Å². The highest BCUT2D eigenvalue weighted by Gasteiger charge is 2.15. The van der Waals surface area contributed by atoms with Gasteiger partial charge in [-0.3, -0.25) is 4.68 Å². The molecule has 1 N–H and O–H groups in total. The first-order valence-electron chi connectivity index (χ1n) is 5.89. The van der Waals surface area contributed by atoms with Crippen LogP contribution in [0.2, 0.25) is 0 Å². The van der Waals surface area contributed by atoms with Crippen LogP contribution in [0.4, 0.5) is 5.00 Å². The molecular formula is C11H15N5O2S. The summed E-state index contributed by atoms with van der Waals surface area (Å²) in [5.74, 6) is 0.361. The van der Waals surface area contributed by atoms with Gasteiger partial charge in [-0.2, -0.15) is 5.10 Å². The van der Waals surface area contributed by atoms with E-state index in [4.69, 9.17) is 4.74 Å². The van der Waals surface area contributed by atoms with E-state index >= 15 is 0 Å². The Morgan fingerprint density at radius 3 is 3.05 bits per heavy atom. The van der Waals surface area contributed by atoms with Crippen LogP contribution < -0.4 is 5.32 Å². The minimum absolute atomic E-state index is 0.334. The van der Waals surface area contributed by atoms with Crippen LogP contribution in [0.5, 0.6) is 0 Å². The van der Waals surface area contributed by atoms with Gasteiger partial charge in [-0.1, -0.05) is 0 Å². The van der Waals surface area contributed by atoms with Gasteiger partial charge < -0.3 is 10.1 Å². The SMILES string of the molecule is CCOC(=O)c1ncsc1NCCc1ncn(C)n1. The van der Waals surface area contributed by atoms with E-state index in [-0.39, 0.29) is 0 Å². The molecule has 0 aliphatic heterocycles. The lowest BCUT2D eigenvalue weighted by molar-refractivity contribution is 0.0521. The Bertz CT molecular complexity index is 551. The van der Waals surface area contributed by atoms with Crippen molar-refractivity contribution in [2.24, 2.45) is 7.05 Å². The number of ether oxygens (including phenoxy) is 1. The van der Waals surface area contributed by atoms with Crippen LogP contribution in [0.3, 0.4) is 0 Å². The standard InChI is InChI=1S/C11H15N5O2S/c1-3-18-11(17)9-10(19-7-14-9)12-5-4-8-13-6-16(2)15-8/h6-7,12H,3-5H2,1-2H3. The van der Waals surface area contributed by atoms with Crippen molar-refractivity contribution in [3.05, 3.63) is 23.4 Å². The van der Waals surface area contributed by atoms with Crippen LogP contribution in [0, 0.1) is 0 Å². The highest BCUT2D eigenvalue weighted by molar-refractivity contribution is 7.14. The van der Waals surface area contributed by atoms with Crippen LogP contribution in [0.25, 0.3) is 0 Å². The fourth-order valence-corrected chi connectivity index (χ4v) is 2.20. The first kappa shape index (κ1) is 13.5. The van der Waals surface area contributed by atoms with Crippen molar-refractivity contribution >= 4 is 22.3 Å². The summed E-state index contributed by atoms with van der Waals surface area (Å²) in [5, 5.41) is 8.05. The average Bonchev–Trinajstić information content (AvgIpc) is 2.99. The van der Waals surface area contributed by atoms with E-state index in [0.717, 1.165) is 10.8 Å². The number of carbonyl (C=O) groups excluding carboxylic acids is 1. The quantitative estimate of drug-likeness (QED) is 0.799. The van der Waals surface area contributed by atoms with Crippen LogP contribution in [0.1, 0.15) is 23.2 Å². The highest BCUT2D eigenvalue weighted by Crippen LogP contribution is 2.20. The third-order valence-electron chi connectivity index (χ3n) is 2.32. The molecule has 7 nitrogen and oxygen atoms in total. The Kier molecular flexibility index (Phi) is 4.45. The van der Waals surface area contributed by atoms with Crippen molar-refractivity contribution in [2.45, 2.75) is 13.3 Å². The summed E-state index contributed by atoms with van der Waals surface area (Å²) < 4.78 is 6.59. The monoisotopic (exact) mass is 281 g/mol. The normalized spacial score (nSPS) is 10.4. The zero-order valence-corrected chi connectivity index (χ0v) is 11.6. The molecule has 102 valence electrons. The summed E-state index contributed by atoms with van der Waals surface area (Å²) in [4.78, 5) is 19.8. The third-order valence-corrected chi connectivity index (χ3v) is 3.10. The Morgan fingerprint density at radius 1 is 1.53 bits per heavy atom. The van der Waals surface area contributed by atoms with Crippen molar-refractivity contribution in [1.82, 2.24) is 19.7 Å². The summed E-state index contributed by atoms with van der Waals surface area (Å²) >= 11 is 1.38. The van der Waals surface area contributed by atoms with E-state index < -0.39 is 5.97 Å². The molecule has 0 spiro atoms. The first-order chi connectivity index (χ1) is 9.20. The number of aryl methyl sites for hydroxylation is 1. The van der Waals surface area contributed by atoms with E-state index in [1.54, 1.807) is 23.4 Å². The number of anilines is 1. The van der Waals surface area contributed by atoms with Gasteiger partial charge in [0.1, 0.15) is 11.3 Å². The molecule has 0 atom stereocenters. The smallest absolute Gasteiger partial charge is 0.360 e. The van der Waals surface area contributed by atoms with Crippen molar-refractivity contribution < 1.29 is 9.53 Å². The Labute approximate surface area is 114 Å². The molecule has 0 bridgehead atoms. The zero-order chi connectivity index (χ0) is 13.7. The van der Waals surface area contributed by atoms with Gasteiger partial charge in [-0.15, -0.1) is 11.3 Å². The predicted octanol–water partition coefficient (Wildman–Crippen LogP) is 1.10. The summed E-state index contributed by atoms with van der Waals surface area (Å²) in [7, 11) is 1.83. The van der Waals surface area contributed by atoms with Crippen LogP contribution in [-0.2, 0) is 18.2 Å². The van der Waals surface area contributed by atoms with Gasteiger partial charge in [0.15, 0.2) is 11.5 Å². The van der Waals surface area contributed by atoms with Gasteiger partial charge >= 0.3 is 5.97 Å². The van der Waals surface area contributed by atoms with E-state index in [2.05, 4.69) is 20.4 Å². The molecule has 0 aromatic carbocycles. The number of hydrogen-bond donors (Lipinski definition) is 1. The number of carbonyl (C=O) groups is 1. The second kappa shape index (κ2) is 6.28. The molecule has 0 aliphatic carbocycles. The molecule has 2 rings (SSSR count). The molecule has 0 fully saturated rings. The average molecular weight is 281 g/mol. The number of nitrogens with one attached hydrogen (secondary N) is 1. The molecule has 8 heteroatoms. The fraction of sp³-hybridized carbons (Fsp3) is 0.455. The van der Waals surface area contributed by atoms with E-state index in [1.165, 1.54) is 11.3 Å². The van der Waals surface area contributed by atoms with Gasteiger partial charge in [0, 0.05) is 20.0 Å². The molecule has 0 saturated heterocycles. The number of hydrogen-bond acceptors (Lipinski definition) is 7. The van der Waals surface area contributed by atoms with Gasteiger partial charge in [0.25, 0.3) is 0 Å². The molecule has 2 aromatic rings. The molecule has 19 heavy (non-hydrogen) atoms. The summed E-state index contributed by atoms with van der Waals surface area (Å²) in [5.41, 5.74) is 1.95. The summed E-state index contributed by atoms with van der Waals surface area (Å²) in [6.45, 7) is 2.75. The largest absolute Gasteiger partial charge is 0.461 e. The molecule has 0 unspecified atom stereocenters. The Hall–Kier alpha value is -1.96. The molecule has 0 saturated carbocycles. The molecular weight excluding hydrogens is 266 g/mol. The molecule has 0 radical (unpaired) electrons. The lowest BCUT2D eigenvalue weighted by Gasteiger charge is -2.04. The summed E-state index contributed by atoms with van der Waals surface area (Å²) in [6.07, 6.45) is 2.34. The Balaban J connectivity index is 1.89. The van der Waals surface area contributed by atoms with E-state index in [1.807, 2.05) is 7.05 Å². The number of thiazole rings is 1. The lowest BCUT2D eigenvalue weighted by Crippen LogP contribution is -2.11. The zero-order valence-electron chi connectivity index (χ0n) is 10.8. The second-order valence-corrected chi connectivity index (χ2v) is 4.62. The molecule has 2 aromatic heterocycles. The third kappa shape index (κ3) is 3.50. The van der Waals surface area contributed by atoms with Gasteiger partial charge in [0.05, 0.1) is 12.1 Å². The van der Waals surface area contributed by atoms with Crippen LogP contribution >= 0.6 is 11.3 Å². The maximum atomic E-state index is 11.6. The van der Waals surface area contributed by atoms with Crippen molar-refractivity contribution in [3.8, 4) is 0 Å². The van der Waals surface area contributed by atoms with Crippen molar-refractivity contribution in [3.63, 3.8) is 0 Å². The number of nitrogens with zero attached hydrogens (tertiary/aromatic N) is 4. The second-order valence-electron chi connectivity index (χ2n) is 3.76. The lowest BCUT2D eigenvalue weighted by atomic mass is 10.4. The molecule has 2 heterocycles. The topological polar surface area (TPSA) is 81.9 Å². The minimum Gasteiger partial charge on any atom is -0.461 e. The maximum Gasteiger partial charge on any atom is 0.360 e. The number of rotatable bonds is 6. The number of esters is 1. The van der Waals surface area contributed by atoms with E-state index in [0.29, 0.717) is 25.3 Å². The molecule has 0 amide bonds. The van der Waals surface area contributed by atoms with Crippen LogP contribution in [0.15, 0.2) is 11.8 Å².